The van der Waals surface area contributed by atoms with Crippen LogP contribution in [0, 0.1) is 29.1 Å². The minimum atomic E-state index is -2.30. The van der Waals surface area contributed by atoms with Crippen LogP contribution >= 0.6 is 0 Å². The second-order valence-electron chi connectivity index (χ2n) is 3.24. The normalized spacial score (nSPS) is 10.4. The van der Waals surface area contributed by atoms with Crippen LogP contribution in [0.25, 0.3) is 0 Å². The van der Waals surface area contributed by atoms with Crippen molar-refractivity contribution < 1.29 is 41.4 Å². The zero-order chi connectivity index (χ0) is 14.7. The van der Waals surface area contributed by atoms with E-state index in [0.717, 1.165) is 0 Å². The molecule has 0 fully saturated rings. The number of carboxylic acids is 1. The highest BCUT2D eigenvalue weighted by Gasteiger charge is 2.25. The first-order chi connectivity index (χ1) is 8.77. The van der Waals surface area contributed by atoms with E-state index in [-0.39, 0.29) is 0 Å². The van der Waals surface area contributed by atoms with E-state index in [0.29, 0.717) is 0 Å². The van der Waals surface area contributed by atoms with Gasteiger partial charge in [-0.3, -0.25) is 0 Å². The highest BCUT2D eigenvalue weighted by molar-refractivity contribution is 6.28. The van der Waals surface area contributed by atoms with Gasteiger partial charge in [0.25, 0.3) is 0 Å². The number of carboxylic acid groups (broad SMARTS) is 1. The van der Waals surface area contributed by atoms with Crippen LogP contribution < -0.4 is 0 Å². The molecule has 0 atom stereocenters. The number of rotatable bonds is 3. The lowest BCUT2D eigenvalue weighted by molar-refractivity contribution is -0.163. The summed E-state index contributed by atoms with van der Waals surface area (Å²) in [5, 5.41) is 8.12. The van der Waals surface area contributed by atoms with Gasteiger partial charge in [0.1, 0.15) is 0 Å². The second-order valence-corrected chi connectivity index (χ2v) is 3.24. The predicted octanol–water partition coefficient (Wildman–Crippen LogP) is 1.55. The van der Waals surface area contributed by atoms with Gasteiger partial charge in [-0.05, 0) is 0 Å². The fourth-order valence-corrected chi connectivity index (χ4v) is 1.18. The van der Waals surface area contributed by atoms with E-state index in [1.54, 1.807) is 0 Å². The Morgan fingerprint density at radius 1 is 0.895 bits per heavy atom. The van der Waals surface area contributed by atoms with Gasteiger partial charge in [0.15, 0.2) is 23.3 Å². The molecule has 9 heteroatoms. The van der Waals surface area contributed by atoms with Crippen LogP contribution in [0.2, 0.25) is 0 Å². The predicted molar refractivity (Wildman–Crippen MR) is 48.5 cm³/mol. The van der Waals surface area contributed by atoms with Gasteiger partial charge in [-0.1, -0.05) is 0 Å². The van der Waals surface area contributed by atoms with Crippen molar-refractivity contribution in [2.45, 2.75) is 6.42 Å². The Morgan fingerprint density at radius 2 is 1.32 bits per heavy atom. The number of carbonyl (C=O) groups excluding carboxylic acids is 1. The molecule has 1 N–H and O–H groups in total. The van der Waals surface area contributed by atoms with Crippen molar-refractivity contribution in [1.82, 2.24) is 0 Å². The van der Waals surface area contributed by atoms with Crippen molar-refractivity contribution in [1.29, 1.82) is 0 Å². The van der Waals surface area contributed by atoms with Crippen LogP contribution in [0.4, 0.5) is 22.0 Å². The molecule has 0 aromatic heterocycles. The van der Waals surface area contributed by atoms with Crippen molar-refractivity contribution in [3.8, 4) is 0 Å². The van der Waals surface area contributed by atoms with E-state index in [4.69, 9.17) is 5.11 Å². The van der Waals surface area contributed by atoms with Gasteiger partial charge in [0, 0.05) is 12.0 Å². The van der Waals surface area contributed by atoms with Crippen LogP contribution in [0.3, 0.4) is 0 Å². The second kappa shape index (κ2) is 5.63. The largest absolute Gasteiger partial charge is 0.473 e. The van der Waals surface area contributed by atoms with Crippen molar-refractivity contribution in [2.75, 3.05) is 6.61 Å². The topological polar surface area (TPSA) is 63.6 Å². The Morgan fingerprint density at radius 3 is 1.74 bits per heavy atom. The van der Waals surface area contributed by atoms with Gasteiger partial charge >= 0.3 is 11.9 Å². The molecular formula is C10H5F5O4. The first kappa shape index (κ1) is 14.9. The molecule has 0 radical (unpaired) electrons. The summed E-state index contributed by atoms with van der Waals surface area (Å²) in [7, 11) is 0. The van der Waals surface area contributed by atoms with Gasteiger partial charge in [-0.2, -0.15) is 0 Å². The van der Waals surface area contributed by atoms with Crippen LogP contribution in [0.15, 0.2) is 0 Å². The number of esters is 1. The molecule has 0 saturated heterocycles. The minimum Gasteiger partial charge on any atom is -0.473 e. The number of hydrogen-bond acceptors (Lipinski definition) is 3. The quantitative estimate of drug-likeness (QED) is 0.301. The number of carbonyl (C=O) groups is 2. The third kappa shape index (κ3) is 2.98. The van der Waals surface area contributed by atoms with Gasteiger partial charge < -0.3 is 9.84 Å². The molecule has 0 aliphatic rings. The molecule has 0 heterocycles. The molecule has 19 heavy (non-hydrogen) atoms. The molecule has 0 aliphatic heterocycles. The van der Waals surface area contributed by atoms with Crippen molar-refractivity contribution in [3.05, 3.63) is 34.6 Å². The summed E-state index contributed by atoms with van der Waals surface area (Å²) in [5.74, 6) is -14.3. The number of hydrogen-bond donors (Lipinski definition) is 1. The Hall–Kier alpha value is -2.19. The number of aliphatic carboxylic acids is 1. The number of benzene rings is 1. The zero-order valence-corrected chi connectivity index (χ0v) is 8.98. The molecule has 0 spiro atoms. The maximum atomic E-state index is 13.1. The van der Waals surface area contributed by atoms with E-state index in [1.165, 1.54) is 0 Å². The summed E-state index contributed by atoms with van der Waals surface area (Å²) < 4.78 is 68.4. The van der Waals surface area contributed by atoms with Crippen molar-refractivity contribution in [2.24, 2.45) is 0 Å². The Labute approximate surface area is 102 Å². The standard InChI is InChI=1S/C10H5F5O4/c11-4-3(1-2-19-10(18)9(16)17)5(12)7(14)8(15)6(4)13/h1-2H2,(H,16,17). The molecule has 0 amide bonds. The fourth-order valence-electron chi connectivity index (χ4n) is 1.18. The molecule has 1 aromatic carbocycles. The third-order valence-electron chi connectivity index (χ3n) is 2.06. The SMILES string of the molecule is O=C(O)C(=O)OCCc1c(F)c(F)c(F)c(F)c1F. The number of ether oxygens (including phenoxy) is 1. The monoisotopic (exact) mass is 284 g/mol. The minimum absolute atomic E-state index is 0.844. The maximum Gasteiger partial charge on any atom is 0.417 e. The van der Waals surface area contributed by atoms with Gasteiger partial charge in [-0.15, -0.1) is 0 Å². The first-order valence-corrected chi connectivity index (χ1v) is 4.67. The molecule has 1 rings (SSSR count). The van der Waals surface area contributed by atoms with E-state index < -0.39 is 59.6 Å². The Kier molecular flexibility index (Phi) is 4.41. The molecule has 4 nitrogen and oxygen atoms in total. The van der Waals surface area contributed by atoms with Gasteiger partial charge in [-0.25, -0.2) is 31.5 Å². The summed E-state index contributed by atoms with van der Waals surface area (Å²) in [4.78, 5) is 20.5. The molecule has 104 valence electrons. The summed E-state index contributed by atoms with van der Waals surface area (Å²) in [6.45, 7) is -0.844. The maximum absolute atomic E-state index is 13.1. The molecule has 0 saturated carbocycles. The summed E-state index contributed by atoms with van der Waals surface area (Å²) in [5.41, 5.74) is -1.19. The van der Waals surface area contributed by atoms with Crippen LogP contribution in [0.1, 0.15) is 5.56 Å². The summed E-state index contributed by atoms with van der Waals surface area (Å²) in [6, 6.07) is 0. The average molecular weight is 284 g/mol. The fraction of sp³-hybridized carbons (Fsp3) is 0.200. The van der Waals surface area contributed by atoms with Crippen LogP contribution in [0.5, 0.6) is 0 Å². The lowest BCUT2D eigenvalue weighted by Crippen LogP contribution is -2.18. The highest BCUT2D eigenvalue weighted by atomic mass is 19.2. The Bertz CT molecular complexity index is 514. The smallest absolute Gasteiger partial charge is 0.417 e. The molecule has 0 aliphatic carbocycles. The Balaban J connectivity index is 2.91. The number of halogens is 5. The van der Waals surface area contributed by atoms with Crippen molar-refractivity contribution in [3.63, 3.8) is 0 Å². The summed E-state index contributed by atoms with van der Waals surface area (Å²) >= 11 is 0. The summed E-state index contributed by atoms with van der Waals surface area (Å²) in [6.07, 6.45) is -0.856. The lowest BCUT2D eigenvalue weighted by atomic mass is 10.1. The average Bonchev–Trinajstić information content (AvgIpc) is 2.37. The lowest BCUT2D eigenvalue weighted by Gasteiger charge is -2.08. The molecule has 0 bridgehead atoms. The molecule has 1 aromatic rings. The van der Waals surface area contributed by atoms with E-state index in [2.05, 4.69) is 4.74 Å². The first-order valence-electron chi connectivity index (χ1n) is 4.67. The molecule has 0 unspecified atom stereocenters. The van der Waals surface area contributed by atoms with Crippen LogP contribution in [-0.2, 0) is 20.7 Å². The van der Waals surface area contributed by atoms with E-state index in [9.17, 15) is 31.5 Å². The molecular weight excluding hydrogens is 279 g/mol. The van der Waals surface area contributed by atoms with Crippen LogP contribution in [-0.4, -0.2) is 23.7 Å². The van der Waals surface area contributed by atoms with E-state index >= 15 is 0 Å². The van der Waals surface area contributed by atoms with E-state index in [1.807, 2.05) is 0 Å². The van der Waals surface area contributed by atoms with Gasteiger partial charge in [0.2, 0.25) is 5.82 Å². The third-order valence-corrected chi connectivity index (χ3v) is 2.06. The van der Waals surface area contributed by atoms with Crippen molar-refractivity contribution >= 4 is 11.9 Å². The van der Waals surface area contributed by atoms with Gasteiger partial charge in [0.05, 0.1) is 6.61 Å². The zero-order valence-electron chi connectivity index (χ0n) is 8.98. The highest BCUT2D eigenvalue weighted by Crippen LogP contribution is 2.23.